The van der Waals surface area contributed by atoms with Gasteiger partial charge in [0.1, 0.15) is 12.0 Å². The molecule has 3 nitrogen and oxygen atoms in total. The molecule has 2 aromatic carbocycles. The highest BCUT2D eigenvalue weighted by molar-refractivity contribution is 6.30. The maximum Gasteiger partial charge on any atom is 0.129 e. The van der Waals surface area contributed by atoms with Gasteiger partial charge in [-0.3, -0.25) is 0 Å². The van der Waals surface area contributed by atoms with Gasteiger partial charge in [0.2, 0.25) is 0 Å². The number of rotatable bonds is 4. The number of carbonyl (C=O) groups is 1. The summed E-state index contributed by atoms with van der Waals surface area (Å²) in [5.41, 5.74) is 3.31. The highest BCUT2D eigenvalue weighted by Gasteiger charge is 2.28. The van der Waals surface area contributed by atoms with Gasteiger partial charge in [0.25, 0.3) is 0 Å². The molecule has 1 heterocycles. The minimum absolute atomic E-state index is 0.0950. The zero-order chi connectivity index (χ0) is 14.8. The first-order chi connectivity index (χ1) is 10.2. The van der Waals surface area contributed by atoms with Gasteiger partial charge >= 0.3 is 0 Å². The van der Waals surface area contributed by atoms with Crippen LogP contribution in [0, 0.1) is 0 Å². The van der Waals surface area contributed by atoms with E-state index in [2.05, 4.69) is 4.90 Å². The first-order valence-electron chi connectivity index (χ1n) is 6.84. The van der Waals surface area contributed by atoms with Crippen LogP contribution in [-0.2, 0) is 11.3 Å². The monoisotopic (exact) mass is 301 g/mol. The third-order valence-corrected chi connectivity index (χ3v) is 4.09. The largest absolute Gasteiger partial charge is 0.497 e. The summed E-state index contributed by atoms with van der Waals surface area (Å²) >= 11 is 5.91. The summed E-state index contributed by atoms with van der Waals surface area (Å²) in [6.07, 6.45) is 1.01. The standard InChI is InChI=1S/C17H16ClNO2/c1-21-15-6-7-17-16(8-15)13(11-20)10-19(17)9-12-2-4-14(18)5-3-12/h2-8,11,13H,9-10H2,1H3. The average Bonchev–Trinajstić information content (AvgIpc) is 2.86. The van der Waals surface area contributed by atoms with Crippen molar-refractivity contribution in [2.24, 2.45) is 0 Å². The van der Waals surface area contributed by atoms with Gasteiger partial charge in [0.15, 0.2) is 0 Å². The Kier molecular flexibility index (Phi) is 3.84. The van der Waals surface area contributed by atoms with Crippen LogP contribution < -0.4 is 9.64 Å². The number of ether oxygens (including phenoxy) is 1. The van der Waals surface area contributed by atoms with E-state index in [1.54, 1.807) is 7.11 Å². The lowest BCUT2D eigenvalue weighted by atomic mass is 10.0. The van der Waals surface area contributed by atoms with Crippen LogP contribution in [0.5, 0.6) is 5.75 Å². The molecule has 3 rings (SSSR count). The number of carbonyl (C=O) groups excluding carboxylic acids is 1. The van der Waals surface area contributed by atoms with Crippen molar-refractivity contribution in [2.45, 2.75) is 12.5 Å². The Labute approximate surface area is 129 Å². The highest BCUT2D eigenvalue weighted by atomic mass is 35.5. The molecular weight excluding hydrogens is 286 g/mol. The van der Waals surface area contributed by atoms with Crippen molar-refractivity contribution < 1.29 is 9.53 Å². The van der Waals surface area contributed by atoms with Gasteiger partial charge in [-0.05, 0) is 41.5 Å². The van der Waals surface area contributed by atoms with Gasteiger partial charge in [-0.1, -0.05) is 23.7 Å². The number of methoxy groups -OCH3 is 1. The second-order valence-corrected chi connectivity index (χ2v) is 5.61. The van der Waals surface area contributed by atoms with E-state index >= 15 is 0 Å². The normalized spacial score (nSPS) is 16.7. The molecule has 2 aromatic rings. The van der Waals surface area contributed by atoms with Crippen LogP contribution in [0.25, 0.3) is 0 Å². The Morgan fingerprint density at radius 1 is 1.29 bits per heavy atom. The van der Waals surface area contributed by atoms with E-state index in [1.807, 2.05) is 42.5 Å². The van der Waals surface area contributed by atoms with Gasteiger partial charge in [-0.2, -0.15) is 0 Å². The van der Waals surface area contributed by atoms with E-state index < -0.39 is 0 Å². The fourth-order valence-electron chi connectivity index (χ4n) is 2.75. The fraction of sp³-hybridized carbons (Fsp3) is 0.235. The van der Waals surface area contributed by atoms with Gasteiger partial charge in [-0.25, -0.2) is 0 Å². The van der Waals surface area contributed by atoms with Gasteiger partial charge < -0.3 is 14.4 Å². The molecule has 1 aliphatic heterocycles. The van der Waals surface area contributed by atoms with Crippen LogP contribution in [0.2, 0.25) is 5.02 Å². The molecule has 0 fully saturated rings. The second-order valence-electron chi connectivity index (χ2n) is 5.17. The van der Waals surface area contributed by atoms with Crippen LogP contribution in [0.15, 0.2) is 42.5 Å². The minimum atomic E-state index is -0.0950. The van der Waals surface area contributed by atoms with Crippen LogP contribution in [0.1, 0.15) is 17.0 Å². The Balaban J connectivity index is 1.89. The SMILES string of the molecule is COc1ccc2c(c1)C(C=O)CN2Cc1ccc(Cl)cc1. The zero-order valence-corrected chi connectivity index (χ0v) is 12.5. The fourth-order valence-corrected chi connectivity index (χ4v) is 2.88. The molecular formula is C17H16ClNO2. The number of nitrogens with zero attached hydrogens (tertiary/aromatic N) is 1. The molecule has 1 atom stereocenters. The van der Waals surface area contributed by atoms with Gasteiger partial charge in [-0.15, -0.1) is 0 Å². The van der Waals surface area contributed by atoms with Gasteiger partial charge in [0, 0.05) is 23.8 Å². The molecule has 0 amide bonds. The Hall–Kier alpha value is -2.00. The minimum Gasteiger partial charge on any atom is -0.497 e. The predicted molar refractivity (Wildman–Crippen MR) is 84.3 cm³/mol. The van der Waals surface area contributed by atoms with E-state index in [4.69, 9.17) is 16.3 Å². The molecule has 0 N–H and O–H groups in total. The van der Waals surface area contributed by atoms with Crippen molar-refractivity contribution in [1.82, 2.24) is 0 Å². The molecule has 1 aliphatic rings. The van der Waals surface area contributed by atoms with Crippen LogP contribution in [0.4, 0.5) is 5.69 Å². The molecule has 0 bridgehead atoms. The molecule has 0 saturated carbocycles. The van der Waals surface area contributed by atoms with E-state index in [-0.39, 0.29) is 5.92 Å². The van der Waals surface area contributed by atoms with Crippen LogP contribution in [-0.4, -0.2) is 19.9 Å². The van der Waals surface area contributed by atoms with E-state index in [0.717, 1.165) is 34.9 Å². The third kappa shape index (κ3) is 2.74. The number of hydrogen-bond donors (Lipinski definition) is 0. The first-order valence-corrected chi connectivity index (χ1v) is 7.21. The van der Waals surface area contributed by atoms with Crippen molar-refractivity contribution in [2.75, 3.05) is 18.6 Å². The molecule has 21 heavy (non-hydrogen) atoms. The zero-order valence-electron chi connectivity index (χ0n) is 11.8. The van der Waals surface area contributed by atoms with E-state index in [9.17, 15) is 4.79 Å². The first kappa shape index (κ1) is 14.0. The topological polar surface area (TPSA) is 29.5 Å². The van der Waals surface area contributed by atoms with Crippen molar-refractivity contribution >= 4 is 23.6 Å². The van der Waals surface area contributed by atoms with Crippen molar-refractivity contribution in [3.8, 4) is 5.75 Å². The summed E-state index contributed by atoms with van der Waals surface area (Å²) in [5, 5.41) is 0.732. The van der Waals surface area contributed by atoms with Gasteiger partial charge in [0.05, 0.1) is 13.0 Å². The summed E-state index contributed by atoms with van der Waals surface area (Å²) < 4.78 is 5.25. The highest BCUT2D eigenvalue weighted by Crippen LogP contribution is 2.38. The van der Waals surface area contributed by atoms with Crippen molar-refractivity contribution in [3.63, 3.8) is 0 Å². The maximum atomic E-state index is 11.3. The molecule has 0 spiro atoms. The molecule has 0 aliphatic carbocycles. The summed E-state index contributed by atoms with van der Waals surface area (Å²) in [6.45, 7) is 1.47. The molecule has 0 aromatic heterocycles. The smallest absolute Gasteiger partial charge is 0.129 e. The predicted octanol–water partition coefficient (Wildman–Crippen LogP) is 3.65. The summed E-state index contributed by atoms with van der Waals surface area (Å²) in [4.78, 5) is 13.5. The number of hydrogen-bond acceptors (Lipinski definition) is 3. The summed E-state index contributed by atoms with van der Waals surface area (Å²) in [6, 6.07) is 13.7. The maximum absolute atomic E-state index is 11.3. The van der Waals surface area contributed by atoms with Crippen LogP contribution >= 0.6 is 11.6 Å². The summed E-state index contributed by atoms with van der Waals surface area (Å²) in [7, 11) is 1.64. The average molecular weight is 302 g/mol. The third-order valence-electron chi connectivity index (χ3n) is 3.84. The van der Waals surface area contributed by atoms with Crippen molar-refractivity contribution in [1.29, 1.82) is 0 Å². The lowest BCUT2D eigenvalue weighted by molar-refractivity contribution is -0.108. The molecule has 0 radical (unpaired) electrons. The number of halogens is 1. The summed E-state index contributed by atoms with van der Waals surface area (Å²) in [5.74, 6) is 0.691. The van der Waals surface area contributed by atoms with Crippen LogP contribution in [0.3, 0.4) is 0 Å². The number of benzene rings is 2. The van der Waals surface area contributed by atoms with Crippen molar-refractivity contribution in [3.05, 3.63) is 58.6 Å². The van der Waals surface area contributed by atoms with E-state index in [0.29, 0.717) is 6.54 Å². The molecule has 4 heteroatoms. The number of anilines is 1. The molecule has 108 valence electrons. The molecule has 1 unspecified atom stereocenters. The number of fused-ring (bicyclic) bond motifs is 1. The quantitative estimate of drug-likeness (QED) is 0.807. The Bertz CT molecular complexity index is 654. The number of aldehydes is 1. The Morgan fingerprint density at radius 2 is 2.05 bits per heavy atom. The second kappa shape index (κ2) is 5.78. The van der Waals surface area contributed by atoms with E-state index in [1.165, 1.54) is 5.56 Å². The molecule has 0 saturated heterocycles. The Morgan fingerprint density at radius 3 is 2.71 bits per heavy atom. The lowest BCUT2D eigenvalue weighted by Gasteiger charge is -2.19. The lowest BCUT2D eigenvalue weighted by Crippen LogP contribution is -2.21.